The molecule has 0 aromatic heterocycles. The number of hydrogen-bond donors (Lipinski definition) is 1. The summed E-state index contributed by atoms with van der Waals surface area (Å²) in [5.41, 5.74) is 0.768. The summed E-state index contributed by atoms with van der Waals surface area (Å²) in [7, 11) is -1.43. The van der Waals surface area contributed by atoms with Gasteiger partial charge in [-0.15, -0.1) is 0 Å². The van der Waals surface area contributed by atoms with E-state index in [1.807, 2.05) is 39.0 Å². The number of carbonyl (C=O) groups excluding carboxylic acids is 1. The van der Waals surface area contributed by atoms with Crippen molar-refractivity contribution in [1.29, 1.82) is 0 Å². The monoisotopic (exact) mass is 301 g/mol. The molecule has 21 heavy (non-hydrogen) atoms. The normalized spacial score (nSPS) is 12.9. The molecule has 2 aromatic rings. The summed E-state index contributed by atoms with van der Waals surface area (Å²) in [4.78, 5) is 13.1. The van der Waals surface area contributed by atoms with Gasteiger partial charge < -0.3 is 0 Å². The molecule has 0 aliphatic heterocycles. The van der Waals surface area contributed by atoms with E-state index in [2.05, 4.69) is 4.72 Å². The average molecular weight is 301 g/mol. The lowest BCUT2D eigenvalue weighted by atomic mass is 10.0. The average Bonchev–Trinajstić information content (AvgIpc) is 2.45. The van der Waals surface area contributed by atoms with Crippen LogP contribution in [0.3, 0.4) is 0 Å². The molecular weight excluding hydrogens is 282 g/mol. The zero-order chi connectivity index (χ0) is 15.5. The van der Waals surface area contributed by atoms with Crippen molar-refractivity contribution in [2.45, 2.75) is 31.2 Å². The molecule has 0 amide bonds. The lowest BCUT2D eigenvalue weighted by Gasteiger charge is -2.20. The summed E-state index contributed by atoms with van der Waals surface area (Å²) in [5, 5.41) is 0. The predicted molar refractivity (Wildman–Crippen MR) is 85.6 cm³/mol. The van der Waals surface area contributed by atoms with Crippen molar-refractivity contribution in [1.82, 2.24) is 4.72 Å². The fourth-order valence-corrected chi connectivity index (χ4v) is 3.12. The number of benzene rings is 2. The van der Waals surface area contributed by atoms with Crippen LogP contribution in [0.15, 0.2) is 59.5 Å². The van der Waals surface area contributed by atoms with E-state index < -0.39 is 11.0 Å². The van der Waals surface area contributed by atoms with E-state index in [-0.39, 0.29) is 11.3 Å². The molecule has 0 saturated heterocycles. The van der Waals surface area contributed by atoms with E-state index in [1.165, 1.54) is 0 Å². The van der Waals surface area contributed by atoms with Crippen LogP contribution in [-0.2, 0) is 11.0 Å². The minimum Gasteiger partial charge on any atom is -0.289 e. The third-order valence-electron chi connectivity index (χ3n) is 2.77. The van der Waals surface area contributed by atoms with Crippen LogP contribution in [0.4, 0.5) is 0 Å². The van der Waals surface area contributed by atoms with Crippen LogP contribution in [0.1, 0.15) is 36.7 Å². The fourth-order valence-electron chi connectivity index (χ4n) is 1.89. The molecule has 0 aliphatic rings. The van der Waals surface area contributed by atoms with Gasteiger partial charge in [0.25, 0.3) is 0 Å². The Hall–Kier alpha value is -1.78. The zero-order valence-electron chi connectivity index (χ0n) is 12.4. The highest BCUT2D eigenvalue weighted by Crippen LogP contribution is 2.18. The molecule has 0 spiro atoms. The van der Waals surface area contributed by atoms with Gasteiger partial charge in [-0.2, -0.15) is 0 Å². The van der Waals surface area contributed by atoms with Gasteiger partial charge in [-0.3, -0.25) is 4.79 Å². The molecule has 0 heterocycles. The number of hydrogen-bond acceptors (Lipinski definition) is 2. The number of nitrogens with one attached hydrogen (secondary N) is 1. The van der Waals surface area contributed by atoms with Crippen molar-refractivity contribution < 1.29 is 9.00 Å². The molecule has 1 atom stereocenters. The lowest BCUT2D eigenvalue weighted by Crippen LogP contribution is -2.37. The molecule has 1 unspecified atom stereocenters. The molecule has 0 aliphatic carbocycles. The molecule has 0 bridgehead atoms. The molecular formula is C17H19NO2S. The Balaban J connectivity index is 2.38. The van der Waals surface area contributed by atoms with Crippen molar-refractivity contribution in [3.8, 4) is 0 Å². The highest BCUT2D eigenvalue weighted by molar-refractivity contribution is 7.83. The standard InChI is InChI=1S/C17H19NO2S/c1-17(2,3)18-21(20)15-12-8-7-11-14(15)16(19)13-9-5-4-6-10-13/h4-12,18H,1-3H3. The third kappa shape index (κ3) is 4.09. The first-order chi connectivity index (χ1) is 9.88. The van der Waals surface area contributed by atoms with E-state index in [0.717, 1.165) is 0 Å². The number of ketones is 1. The van der Waals surface area contributed by atoms with Crippen LogP contribution in [-0.4, -0.2) is 15.5 Å². The molecule has 0 fully saturated rings. The van der Waals surface area contributed by atoms with Crippen molar-refractivity contribution in [2.24, 2.45) is 0 Å². The quantitative estimate of drug-likeness (QED) is 0.881. The van der Waals surface area contributed by atoms with Crippen LogP contribution in [0, 0.1) is 0 Å². The lowest BCUT2D eigenvalue weighted by molar-refractivity contribution is 0.103. The van der Waals surface area contributed by atoms with Gasteiger partial charge in [-0.1, -0.05) is 42.5 Å². The van der Waals surface area contributed by atoms with Crippen molar-refractivity contribution in [2.75, 3.05) is 0 Å². The Bertz CT molecular complexity index is 660. The van der Waals surface area contributed by atoms with Crippen molar-refractivity contribution >= 4 is 16.8 Å². The summed E-state index contributed by atoms with van der Waals surface area (Å²) in [5.74, 6) is -0.116. The minimum absolute atomic E-state index is 0.116. The highest BCUT2D eigenvalue weighted by atomic mass is 32.2. The first-order valence-electron chi connectivity index (χ1n) is 6.77. The topological polar surface area (TPSA) is 46.2 Å². The van der Waals surface area contributed by atoms with Crippen LogP contribution >= 0.6 is 0 Å². The Kier molecular flexibility index (Phi) is 4.70. The number of rotatable bonds is 4. The van der Waals surface area contributed by atoms with Gasteiger partial charge in [-0.05, 0) is 32.9 Å². The SMILES string of the molecule is CC(C)(C)NS(=O)c1ccccc1C(=O)c1ccccc1. The molecule has 1 N–H and O–H groups in total. The zero-order valence-corrected chi connectivity index (χ0v) is 13.2. The molecule has 0 saturated carbocycles. The molecule has 2 rings (SSSR count). The molecule has 110 valence electrons. The maximum absolute atomic E-state index is 12.6. The van der Waals surface area contributed by atoms with Gasteiger partial charge in [0.2, 0.25) is 0 Å². The van der Waals surface area contributed by atoms with Gasteiger partial charge >= 0.3 is 0 Å². The molecule has 2 aromatic carbocycles. The summed E-state index contributed by atoms with van der Waals surface area (Å²) < 4.78 is 15.5. The fraction of sp³-hybridized carbons (Fsp3) is 0.235. The van der Waals surface area contributed by atoms with Gasteiger partial charge in [0.05, 0.1) is 4.90 Å². The van der Waals surface area contributed by atoms with Crippen molar-refractivity contribution in [3.63, 3.8) is 0 Å². The smallest absolute Gasteiger partial charge is 0.194 e. The van der Waals surface area contributed by atoms with Gasteiger partial charge in [0.15, 0.2) is 5.78 Å². The van der Waals surface area contributed by atoms with Gasteiger partial charge in [0, 0.05) is 16.7 Å². The largest absolute Gasteiger partial charge is 0.289 e. The maximum Gasteiger partial charge on any atom is 0.194 e. The van der Waals surface area contributed by atoms with E-state index in [0.29, 0.717) is 16.0 Å². The summed E-state index contributed by atoms with van der Waals surface area (Å²) in [6.45, 7) is 5.81. The van der Waals surface area contributed by atoms with E-state index in [4.69, 9.17) is 0 Å². The minimum atomic E-state index is -1.43. The van der Waals surface area contributed by atoms with E-state index >= 15 is 0 Å². The number of carbonyl (C=O) groups is 1. The molecule has 0 radical (unpaired) electrons. The Morgan fingerprint density at radius 1 is 0.952 bits per heavy atom. The first kappa shape index (κ1) is 15.6. The van der Waals surface area contributed by atoms with Gasteiger partial charge in [-0.25, -0.2) is 8.93 Å². The summed E-state index contributed by atoms with van der Waals surface area (Å²) in [6, 6.07) is 16.0. The molecule has 4 heteroatoms. The predicted octanol–water partition coefficient (Wildman–Crippen LogP) is 3.33. The second-order valence-corrected chi connectivity index (χ2v) is 6.99. The highest BCUT2D eigenvalue weighted by Gasteiger charge is 2.20. The van der Waals surface area contributed by atoms with Crippen LogP contribution < -0.4 is 4.72 Å². The summed E-state index contributed by atoms with van der Waals surface area (Å²) >= 11 is 0. The Morgan fingerprint density at radius 2 is 1.52 bits per heavy atom. The van der Waals surface area contributed by atoms with Crippen LogP contribution in [0.25, 0.3) is 0 Å². The Morgan fingerprint density at radius 3 is 2.14 bits per heavy atom. The van der Waals surface area contributed by atoms with Crippen LogP contribution in [0.2, 0.25) is 0 Å². The second kappa shape index (κ2) is 6.33. The third-order valence-corrected chi connectivity index (χ3v) is 4.32. The maximum atomic E-state index is 12.6. The Labute approximate surface area is 128 Å². The van der Waals surface area contributed by atoms with Gasteiger partial charge in [0.1, 0.15) is 11.0 Å². The van der Waals surface area contributed by atoms with Crippen molar-refractivity contribution in [3.05, 3.63) is 65.7 Å². The molecule has 3 nitrogen and oxygen atoms in total. The first-order valence-corrected chi connectivity index (χ1v) is 7.92. The van der Waals surface area contributed by atoms with E-state index in [9.17, 15) is 9.00 Å². The van der Waals surface area contributed by atoms with E-state index in [1.54, 1.807) is 36.4 Å². The summed E-state index contributed by atoms with van der Waals surface area (Å²) in [6.07, 6.45) is 0. The second-order valence-electron chi connectivity index (χ2n) is 5.81. The van der Waals surface area contributed by atoms with Crippen LogP contribution in [0.5, 0.6) is 0 Å².